The van der Waals surface area contributed by atoms with Crippen molar-refractivity contribution in [2.24, 2.45) is 5.41 Å². The summed E-state index contributed by atoms with van der Waals surface area (Å²) < 4.78 is 2.90. The first-order chi connectivity index (χ1) is 10.4. The molecular weight excluding hydrogens is 340 g/mol. The van der Waals surface area contributed by atoms with Gasteiger partial charge in [-0.25, -0.2) is 4.68 Å². The lowest BCUT2D eigenvalue weighted by molar-refractivity contribution is 0.327. The van der Waals surface area contributed by atoms with Gasteiger partial charge in [-0.05, 0) is 45.6 Å². The van der Waals surface area contributed by atoms with E-state index in [0.717, 1.165) is 33.4 Å². The Balaban J connectivity index is 1.97. The molecule has 0 radical (unpaired) electrons. The standard InChI is InChI=1S/C17H19BrN4/c1-17(2,3)11-22-14-10-9-13(15(18)16(14)20-21-22)19-12-7-5-4-6-8-12/h4-10,19H,11H2,1-3H3. The zero-order valence-electron chi connectivity index (χ0n) is 13.0. The number of hydrogen-bond donors (Lipinski definition) is 1. The summed E-state index contributed by atoms with van der Waals surface area (Å²) in [5, 5.41) is 12.0. The molecule has 0 fully saturated rings. The molecule has 1 N–H and O–H groups in total. The second-order valence-electron chi connectivity index (χ2n) is 6.59. The number of fused-ring (bicyclic) bond motifs is 1. The molecule has 114 valence electrons. The number of para-hydroxylation sites is 1. The van der Waals surface area contributed by atoms with Gasteiger partial charge in [0, 0.05) is 12.2 Å². The fraction of sp³-hybridized carbons (Fsp3) is 0.294. The van der Waals surface area contributed by atoms with Crippen LogP contribution in [-0.2, 0) is 6.54 Å². The van der Waals surface area contributed by atoms with Crippen molar-refractivity contribution in [1.82, 2.24) is 15.0 Å². The minimum Gasteiger partial charge on any atom is -0.355 e. The highest BCUT2D eigenvalue weighted by Crippen LogP contribution is 2.32. The zero-order valence-corrected chi connectivity index (χ0v) is 14.6. The summed E-state index contributed by atoms with van der Waals surface area (Å²) in [6, 6.07) is 14.2. The number of nitrogens with one attached hydrogen (secondary N) is 1. The van der Waals surface area contributed by atoms with E-state index in [-0.39, 0.29) is 5.41 Å². The fourth-order valence-corrected chi connectivity index (χ4v) is 2.86. The molecule has 0 amide bonds. The summed E-state index contributed by atoms with van der Waals surface area (Å²) in [7, 11) is 0. The van der Waals surface area contributed by atoms with Crippen LogP contribution in [0.25, 0.3) is 11.0 Å². The maximum absolute atomic E-state index is 4.33. The van der Waals surface area contributed by atoms with E-state index in [0.29, 0.717) is 0 Å². The van der Waals surface area contributed by atoms with Crippen molar-refractivity contribution in [1.29, 1.82) is 0 Å². The molecule has 22 heavy (non-hydrogen) atoms. The molecule has 0 aliphatic heterocycles. The summed E-state index contributed by atoms with van der Waals surface area (Å²) >= 11 is 3.65. The fourth-order valence-electron chi connectivity index (χ4n) is 2.34. The zero-order chi connectivity index (χ0) is 15.7. The van der Waals surface area contributed by atoms with Gasteiger partial charge in [-0.2, -0.15) is 0 Å². The second kappa shape index (κ2) is 5.72. The van der Waals surface area contributed by atoms with Crippen LogP contribution < -0.4 is 5.32 Å². The number of halogens is 1. The molecule has 5 heteroatoms. The summed E-state index contributed by atoms with van der Waals surface area (Å²) in [4.78, 5) is 0. The van der Waals surface area contributed by atoms with Gasteiger partial charge in [0.1, 0.15) is 5.52 Å². The third kappa shape index (κ3) is 3.14. The first-order valence-electron chi connectivity index (χ1n) is 7.28. The Hall–Kier alpha value is -1.88. The lowest BCUT2D eigenvalue weighted by atomic mass is 9.97. The molecule has 0 aliphatic carbocycles. The van der Waals surface area contributed by atoms with E-state index in [1.807, 2.05) is 35.0 Å². The summed E-state index contributed by atoms with van der Waals surface area (Å²) in [5.74, 6) is 0. The van der Waals surface area contributed by atoms with Gasteiger partial charge in [-0.15, -0.1) is 5.10 Å². The summed E-state index contributed by atoms with van der Waals surface area (Å²) in [6.07, 6.45) is 0. The van der Waals surface area contributed by atoms with Crippen LogP contribution in [0.4, 0.5) is 11.4 Å². The molecule has 0 unspecified atom stereocenters. The normalized spacial score (nSPS) is 11.8. The Morgan fingerprint density at radius 2 is 1.82 bits per heavy atom. The molecule has 0 bridgehead atoms. The number of aromatic nitrogens is 3. The van der Waals surface area contributed by atoms with E-state index >= 15 is 0 Å². The molecule has 3 rings (SSSR count). The predicted molar refractivity (Wildman–Crippen MR) is 94.4 cm³/mol. The van der Waals surface area contributed by atoms with Crippen LogP contribution in [0.5, 0.6) is 0 Å². The Bertz CT molecular complexity index is 788. The van der Waals surface area contributed by atoms with E-state index in [9.17, 15) is 0 Å². The van der Waals surface area contributed by atoms with Gasteiger partial charge < -0.3 is 5.32 Å². The molecule has 3 aromatic rings. The van der Waals surface area contributed by atoms with Crippen molar-refractivity contribution in [3.05, 3.63) is 46.9 Å². The molecule has 0 aliphatic rings. The Morgan fingerprint density at radius 3 is 2.50 bits per heavy atom. The van der Waals surface area contributed by atoms with Gasteiger partial charge in [0.25, 0.3) is 0 Å². The van der Waals surface area contributed by atoms with Crippen LogP contribution in [-0.4, -0.2) is 15.0 Å². The number of hydrogen-bond acceptors (Lipinski definition) is 3. The summed E-state index contributed by atoms with van der Waals surface area (Å²) in [5.41, 5.74) is 4.12. The van der Waals surface area contributed by atoms with E-state index in [2.05, 4.69) is 64.5 Å². The van der Waals surface area contributed by atoms with Gasteiger partial charge in [0.05, 0.1) is 15.7 Å². The third-order valence-corrected chi connectivity index (χ3v) is 4.11. The van der Waals surface area contributed by atoms with Crippen molar-refractivity contribution in [3.63, 3.8) is 0 Å². The highest BCUT2D eigenvalue weighted by molar-refractivity contribution is 9.10. The minimum atomic E-state index is 0.161. The van der Waals surface area contributed by atoms with Crippen molar-refractivity contribution in [2.45, 2.75) is 27.3 Å². The molecule has 2 aromatic carbocycles. The lowest BCUT2D eigenvalue weighted by Crippen LogP contribution is -2.16. The molecule has 1 heterocycles. The van der Waals surface area contributed by atoms with Crippen LogP contribution in [0.2, 0.25) is 0 Å². The van der Waals surface area contributed by atoms with Crippen LogP contribution in [0.3, 0.4) is 0 Å². The van der Waals surface area contributed by atoms with Crippen molar-refractivity contribution < 1.29 is 0 Å². The molecule has 1 aromatic heterocycles. The molecule has 0 saturated heterocycles. The number of benzene rings is 2. The second-order valence-corrected chi connectivity index (χ2v) is 7.39. The maximum atomic E-state index is 4.33. The van der Waals surface area contributed by atoms with E-state index < -0.39 is 0 Å². The lowest BCUT2D eigenvalue weighted by Gasteiger charge is -2.18. The average Bonchev–Trinajstić information content (AvgIpc) is 2.85. The first kappa shape index (κ1) is 15.0. The number of nitrogens with zero attached hydrogens (tertiary/aromatic N) is 3. The summed E-state index contributed by atoms with van der Waals surface area (Å²) in [6.45, 7) is 7.42. The smallest absolute Gasteiger partial charge is 0.129 e. The molecule has 0 saturated carbocycles. The van der Waals surface area contributed by atoms with Crippen LogP contribution in [0, 0.1) is 5.41 Å². The van der Waals surface area contributed by atoms with E-state index in [1.165, 1.54) is 0 Å². The Labute approximate surface area is 138 Å². The minimum absolute atomic E-state index is 0.161. The molecule has 0 atom stereocenters. The van der Waals surface area contributed by atoms with Gasteiger partial charge in [-0.1, -0.05) is 44.2 Å². The van der Waals surface area contributed by atoms with Gasteiger partial charge >= 0.3 is 0 Å². The van der Waals surface area contributed by atoms with Gasteiger partial charge in [-0.3, -0.25) is 0 Å². The largest absolute Gasteiger partial charge is 0.355 e. The number of anilines is 2. The topological polar surface area (TPSA) is 42.7 Å². The van der Waals surface area contributed by atoms with E-state index in [1.54, 1.807) is 0 Å². The monoisotopic (exact) mass is 358 g/mol. The number of rotatable bonds is 3. The Kier molecular flexibility index (Phi) is 3.91. The van der Waals surface area contributed by atoms with Gasteiger partial charge in [0.15, 0.2) is 0 Å². The van der Waals surface area contributed by atoms with Crippen molar-refractivity contribution in [3.8, 4) is 0 Å². The first-order valence-corrected chi connectivity index (χ1v) is 8.07. The van der Waals surface area contributed by atoms with E-state index in [4.69, 9.17) is 0 Å². The molecule has 0 spiro atoms. The Morgan fingerprint density at radius 1 is 1.09 bits per heavy atom. The van der Waals surface area contributed by atoms with Gasteiger partial charge in [0.2, 0.25) is 0 Å². The average molecular weight is 359 g/mol. The highest BCUT2D eigenvalue weighted by Gasteiger charge is 2.17. The third-order valence-electron chi connectivity index (χ3n) is 3.30. The highest BCUT2D eigenvalue weighted by atomic mass is 79.9. The van der Waals surface area contributed by atoms with Crippen LogP contribution >= 0.6 is 15.9 Å². The SMILES string of the molecule is CC(C)(C)Cn1nnc2c(Br)c(Nc3ccccc3)ccc21. The quantitative estimate of drug-likeness (QED) is 0.717. The molecule has 4 nitrogen and oxygen atoms in total. The maximum Gasteiger partial charge on any atom is 0.129 e. The predicted octanol–water partition coefficient (Wildman–Crippen LogP) is 4.98. The molecular formula is C17H19BrN4. The van der Waals surface area contributed by atoms with Crippen LogP contribution in [0.15, 0.2) is 46.9 Å². The van der Waals surface area contributed by atoms with Crippen molar-refractivity contribution in [2.75, 3.05) is 5.32 Å². The van der Waals surface area contributed by atoms with Crippen molar-refractivity contribution >= 4 is 38.3 Å². The van der Waals surface area contributed by atoms with Crippen LogP contribution in [0.1, 0.15) is 20.8 Å².